The third kappa shape index (κ3) is 2.62. The van der Waals surface area contributed by atoms with Crippen LogP contribution in [-0.4, -0.2) is 36.4 Å². The zero-order valence-corrected chi connectivity index (χ0v) is 11.1. The van der Waals surface area contributed by atoms with Crippen molar-refractivity contribution < 1.29 is 23.8 Å². The van der Waals surface area contributed by atoms with Crippen LogP contribution in [0.25, 0.3) is 10.4 Å². The maximum absolute atomic E-state index is 11.7. The maximum atomic E-state index is 11.7. The molecule has 0 amide bonds. The smallest absolute Gasteiger partial charge is 0.341 e. The van der Waals surface area contributed by atoms with Gasteiger partial charge < -0.3 is 19.0 Å². The summed E-state index contributed by atoms with van der Waals surface area (Å²) in [5.41, 5.74) is 8.68. The van der Waals surface area contributed by atoms with Crippen molar-refractivity contribution in [2.45, 2.75) is 32.1 Å². The van der Waals surface area contributed by atoms with Crippen LogP contribution >= 0.6 is 0 Å². The second-order valence-electron chi connectivity index (χ2n) is 4.36. The standard InChI is InChI=1S/C12H15N3O5/c1-3-18-12(17)7-4-9(20-6(7)2)11-10(16)8(5-19-11)14-15-13/h4,8,10-11,16H,3,5H2,1-2H3/t8-,10+,11-/m0/s1. The number of aliphatic hydroxyl groups excluding tert-OH is 1. The Bertz CT molecular complexity index is 549. The highest BCUT2D eigenvalue weighted by molar-refractivity contribution is 5.90. The number of esters is 1. The van der Waals surface area contributed by atoms with Gasteiger partial charge in [-0.2, -0.15) is 0 Å². The van der Waals surface area contributed by atoms with Crippen molar-refractivity contribution in [1.82, 2.24) is 0 Å². The van der Waals surface area contributed by atoms with Gasteiger partial charge in [-0.1, -0.05) is 5.11 Å². The third-order valence-corrected chi connectivity index (χ3v) is 3.06. The number of hydrogen-bond donors (Lipinski definition) is 1. The Hall–Kier alpha value is -2.02. The lowest BCUT2D eigenvalue weighted by atomic mass is 10.1. The van der Waals surface area contributed by atoms with E-state index in [9.17, 15) is 9.90 Å². The fourth-order valence-corrected chi connectivity index (χ4v) is 2.08. The van der Waals surface area contributed by atoms with E-state index in [1.165, 1.54) is 6.07 Å². The predicted molar refractivity (Wildman–Crippen MR) is 67.0 cm³/mol. The maximum Gasteiger partial charge on any atom is 0.341 e. The Morgan fingerprint density at radius 2 is 2.45 bits per heavy atom. The van der Waals surface area contributed by atoms with Gasteiger partial charge in [0.1, 0.15) is 23.2 Å². The lowest BCUT2D eigenvalue weighted by molar-refractivity contribution is 0.0258. The van der Waals surface area contributed by atoms with Crippen LogP contribution in [0.2, 0.25) is 0 Å². The van der Waals surface area contributed by atoms with Gasteiger partial charge in [0.15, 0.2) is 0 Å². The van der Waals surface area contributed by atoms with Crippen LogP contribution in [0.4, 0.5) is 0 Å². The van der Waals surface area contributed by atoms with E-state index in [0.29, 0.717) is 17.1 Å². The van der Waals surface area contributed by atoms with Crippen molar-refractivity contribution in [2.24, 2.45) is 5.11 Å². The number of carbonyl (C=O) groups is 1. The number of carbonyl (C=O) groups excluding carboxylic acids is 1. The Kier molecular flexibility index (Phi) is 4.29. The zero-order valence-electron chi connectivity index (χ0n) is 11.1. The Balaban J connectivity index is 2.20. The summed E-state index contributed by atoms with van der Waals surface area (Å²) in [6.45, 7) is 3.70. The molecule has 1 aromatic rings. The van der Waals surface area contributed by atoms with Gasteiger partial charge in [-0.15, -0.1) is 0 Å². The molecule has 108 valence electrons. The van der Waals surface area contributed by atoms with Crippen molar-refractivity contribution in [2.75, 3.05) is 13.2 Å². The quantitative estimate of drug-likeness (QED) is 0.391. The van der Waals surface area contributed by atoms with Gasteiger partial charge in [0.2, 0.25) is 0 Å². The number of nitrogens with zero attached hydrogens (tertiary/aromatic N) is 3. The summed E-state index contributed by atoms with van der Waals surface area (Å²) in [5, 5.41) is 13.5. The summed E-state index contributed by atoms with van der Waals surface area (Å²) in [6, 6.07) is 0.820. The Morgan fingerprint density at radius 3 is 3.10 bits per heavy atom. The van der Waals surface area contributed by atoms with Crippen LogP contribution in [-0.2, 0) is 9.47 Å². The first-order valence-electron chi connectivity index (χ1n) is 6.19. The van der Waals surface area contributed by atoms with E-state index in [0.717, 1.165) is 0 Å². The fraction of sp³-hybridized carbons (Fsp3) is 0.583. The topological polar surface area (TPSA) is 118 Å². The minimum absolute atomic E-state index is 0.102. The molecule has 1 aliphatic heterocycles. The molecule has 1 aromatic heterocycles. The molecule has 0 aliphatic carbocycles. The molecule has 0 saturated carbocycles. The van der Waals surface area contributed by atoms with E-state index in [4.69, 9.17) is 19.4 Å². The first kappa shape index (κ1) is 14.4. The number of aryl methyl sites for hydroxylation is 1. The molecule has 3 atom stereocenters. The normalized spacial score (nSPS) is 25.2. The van der Waals surface area contributed by atoms with Crippen molar-refractivity contribution >= 4 is 5.97 Å². The highest BCUT2D eigenvalue weighted by Crippen LogP contribution is 2.33. The van der Waals surface area contributed by atoms with Gasteiger partial charge in [0.05, 0.1) is 25.4 Å². The van der Waals surface area contributed by atoms with Gasteiger partial charge in [-0.25, -0.2) is 4.79 Å². The number of aliphatic hydroxyl groups is 1. The van der Waals surface area contributed by atoms with Gasteiger partial charge in [-0.05, 0) is 25.4 Å². The van der Waals surface area contributed by atoms with Crippen LogP contribution in [0.3, 0.4) is 0 Å². The SMILES string of the molecule is CCOC(=O)c1cc([C@@H]2OC[C@H](N=[N+]=[N-])[C@H]2O)oc1C. The number of rotatable bonds is 4. The van der Waals surface area contributed by atoms with Crippen LogP contribution in [0.1, 0.15) is 34.9 Å². The van der Waals surface area contributed by atoms with Crippen molar-refractivity contribution in [3.05, 3.63) is 33.6 Å². The predicted octanol–water partition coefficient (Wildman–Crippen LogP) is 1.88. The largest absolute Gasteiger partial charge is 0.463 e. The number of furan rings is 1. The van der Waals surface area contributed by atoms with E-state index in [1.54, 1.807) is 13.8 Å². The van der Waals surface area contributed by atoms with E-state index >= 15 is 0 Å². The summed E-state index contributed by atoms with van der Waals surface area (Å²) in [4.78, 5) is 14.3. The monoisotopic (exact) mass is 281 g/mol. The summed E-state index contributed by atoms with van der Waals surface area (Å²) in [6.07, 6.45) is -1.76. The van der Waals surface area contributed by atoms with Gasteiger partial charge in [-0.3, -0.25) is 0 Å². The molecule has 1 aliphatic rings. The average Bonchev–Trinajstić information content (AvgIpc) is 2.95. The zero-order chi connectivity index (χ0) is 14.7. The van der Waals surface area contributed by atoms with Crippen molar-refractivity contribution in [3.63, 3.8) is 0 Å². The van der Waals surface area contributed by atoms with Crippen molar-refractivity contribution in [3.8, 4) is 0 Å². The lowest BCUT2D eigenvalue weighted by Gasteiger charge is -2.12. The Labute approximate surface area is 114 Å². The average molecular weight is 281 g/mol. The molecule has 0 spiro atoms. The van der Waals surface area contributed by atoms with E-state index in [2.05, 4.69) is 10.0 Å². The second kappa shape index (κ2) is 5.96. The number of ether oxygens (including phenoxy) is 2. The summed E-state index contributed by atoms with van der Waals surface area (Å²) < 4.78 is 15.7. The molecule has 0 bridgehead atoms. The van der Waals surface area contributed by atoms with Gasteiger partial charge in [0.25, 0.3) is 0 Å². The van der Waals surface area contributed by atoms with Crippen LogP contribution < -0.4 is 0 Å². The lowest BCUT2D eigenvalue weighted by Crippen LogP contribution is -2.23. The molecule has 0 unspecified atom stereocenters. The molecule has 0 radical (unpaired) electrons. The second-order valence-corrected chi connectivity index (χ2v) is 4.36. The molecular weight excluding hydrogens is 266 g/mol. The third-order valence-electron chi connectivity index (χ3n) is 3.06. The molecule has 8 nitrogen and oxygen atoms in total. The minimum atomic E-state index is -1.01. The molecule has 1 saturated heterocycles. The molecule has 0 aromatic carbocycles. The van der Waals surface area contributed by atoms with Crippen LogP contribution in [0.15, 0.2) is 15.6 Å². The van der Waals surface area contributed by atoms with Gasteiger partial charge >= 0.3 is 5.97 Å². The first-order valence-corrected chi connectivity index (χ1v) is 6.19. The van der Waals surface area contributed by atoms with E-state index in [1.807, 2.05) is 0 Å². The summed E-state index contributed by atoms with van der Waals surface area (Å²) in [7, 11) is 0. The summed E-state index contributed by atoms with van der Waals surface area (Å²) in [5.74, 6) is 0.217. The van der Waals surface area contributed by atoms with Crippen molar-refractivity contribution in [1.29, 1.82) is 0 Å². The highest BCUT2D eigenvalue weighted by atomic mass is 16.5. The molecular formula is C12H15N3O5. The Morgan fingerprint density at radius 1 is 1.70 bits per heavy atom. The molecule has 20 heavy (non-hydrogen) atoms. The summed E-state index contributed by atoms with van der Waals surface area (Å²) >= 11 is 0. The molecule has 2 rings (SSSR count). The number of hydrogen-bond acceptors (Lipinski definition) is 6. The van der Waals surface area contributed by atoms with Crippen LogP contribution in [0.5, 0.6) is 0 Å². The first-order chi connectivity index (χ1) is 9.58. The molecule has 8 heteroatoms. The van der Waals surface area contributed by atoms with Crippen LogP contribution in [0, 0.1) is 6.92 Å². The van der Waals surface area contributed by atoms with E-state index < -0.39 is 24.2 Å². The van der Waals surface area contributed by atoms with Gasteiger partial charge in [0, 0.05) is 4.91 Å². The minimum Gasteiger partial charge on any atom is -0.463 e. The number of azide groups is 1. The molecule has 2 heterocycles. The highest BCUT2D eigenvalue weighted by Gasteiger charge is 2.39. The fourth-order valence-electron chi connectivity index (χ4n) is 2.08. The molecule has 1 N–H and O–H groups in total. The molecule has 1 fully saturated rings. The van der Waals surface area contributed by atoms with E-state index in [-0.39, 0.29) is 13.2 Å².